The maximum atomic E-state index is 12.3. The molecule has 24 heavy (non-hydrogen) atoms. The van der Waals surface area contributed by atoms with Crippen LogP contribution in [0, 0.1) is 0 Å². The maximum Gasteiger partial charge on any atom is 0.329 e. The molecular weight excluding hydrogens is 310 g/mol. The molecule has 0 aromatic heterocycles. The summed E-state index contributed by atoms with van der Waals surface area (Å²) in [6, 6.07) is 8.52. The van der Waals surface area contributed by atoms with E-state index in [0.717, 1.165) is 5.56 Å². The lowest BCUT2D eigenvalue weighted by Gasteiger charge is -2.24. The lowest BCUT2D eigenvalue weighted by Crippen LogP contribution is -2.45. The minimum atomic E-state index is -0.948. The summed E-state index contributed by atoms with van der Waals surface area (Å²) in [5.41, 5.74) is 0.249. The molecule has 132 valence electrons. The van der Waals surface area contributed by atoms with Crippen LogP contribution in [0.3, 0.4) is 0 Å². The molecule has 6 heteroatoms. The summed E-state index contributed by atoms with van der Waals surface area (Å²) < 4.78 is 5.37. The molecule has 1 aromatic rings. The monoisotopic (exact) mass is 335 g/mol. The fraction of sp³-hybridized carbons (Fsp3) is 0.500. The molecule has 1 atom stereocenters. The van der Waals surface area contributed by atoms with Crippen molar-refractivity contribution in [3.8, 4) is 0 Å². The molecule has 0 aliphatic rings. The highest BCUT2D eigenvalue weighted by molar-refractivity contribution is 5.85. The number of ether oxygens (including phenoxy) is 1. The summed E-state index contributed by atoms with van der Waals surface area (Å²) in [6.45, 7) is 5.29. The van der Waals surface area contributed by atoms with Crippen molar-refractivity contribution in [2.24, 2.45) is 0 Å². The minimum absolute atomic E-state index is 0.0559. The van der Waals surface area contributed by atoms with E-state index in [4.69, 9.17) is 9.84 Å². The Balaban J connectivity index is 2.71. The first-order valence-electron chi connectivity index (χ1n) is 7.95. The Labute approximate surface area is 142 Å². The van der Waals surface area contributed by atoms with Gasteiger partial charge in [-0.3, -0.25) is 9.59 Å². The normalized spacial score (nSPS) is 12.3. The molecule has 0 heterocycles. The van der Waals surface area contributed by atoms with Gasteiger partial charge in [0.15, 0.2) is 0 Å². The summed E-state index contributed by atoms with van der Waals surface area (Å²) in [5, 5.41) is 11.3. The molecule has 0 aliphatic heterocycles. The van der Waals surface area contributed by atoms with Crippen LogP contribution in [-0.4, -0.2) is 34.6 Å². The number of amides is 1. The highest BCUT2D eigenvalue weighted by atomic mass is 16.6. The van der Waals surface area contributed by atoms with E-state index in [-0.39, 0.29) is 25.2 Å². The third-order valence-electron chi connectivity index (χ3n) is 3.10. The minimum Gasteiger partial charge on any atom is -0.481 e. The average molecular weight is 335 g/mol. The van der Waals surface area contributed by atoms with Gasteiger partial charge in [0.25, 0.3) is 0 Å². The van der Waals surface area contributed by atoms with Gasteiger partial charge in [0.1, 0.15) is 11.6 Å². The van der Waals surface area contributed by atoms with E-state index < -0.39 is 23.6 Å². The first kappa shape index (κ1) is 19.7. The molecule has 1 rings (SSSR count). The number of carboxylic acids is 1. The second-order valence-electron chi connectivity index (χ2n) is 6.59. The number of esters is 1. The van der Waals surface area contributed by atoms with E-state index in [1.807, 2.05) is 30.3 Å². The van der Waals surface area contributed by atoms with E-state index in [1.54, 1.807) is 20.8 Å². The molecule has 0 saturated carbocycles. The molecule has 6 nitrogen and oxygen atoms in total. The van der Waals surface area contributed by atoms with Crippen LogP contribution in [0.15, 0.2) is 30.3 Å². The molecule has 2 N–H and O–H groups in total. The van der Waals surface area contributed by atoms with Gasteiger partial charge in [-0.25, -0.2) is 4.79 Å². The lowest BCUT2D eigenvalue weighted by atomic mass is 10.1. The van der Waals surface area contributed by atoms with Crippen molar-refractivity contribution in [1.29, 1.82) is 0 Å². The number of carboxylic acid groups (broad SMARTS) is 1. The average Bonchev–Trinajstić information content (AvgIpc) is 2.45. The summed E-state index contributed by atoms with van der Waals surface area (Å²) in [7, 11) is 0. The van der Waals surface area contributed by atoms with Crippen LogP contribution in [0.2, 0.25) is 0 Å². The Morgan fingerprint density at radius 1 is 1.12 bits per heavy atom. The predicted octanol–water partition coefficient (Wildman–Crippen LogP) is 2.31. The zero-order valence-corrected chi connectivity index (χ0v) is 14.4. The SMILES string of the molecule is CC(C)(C)OC(=O)C(Cc1ccccc1)NC(=O)CCCC(=O)O. The first-order chi connectivity index (χ1) is 11.2. The molecule has 1 unspecified atom stereocenters. The number of benzene rings is 1. The van der Waals surface area contributed by atoms with Crippen LogP contribution < -0.4 is 5.32 Å². The van der Waals surface area contributed by atoms with E-state index in [2.05, 4.69) is 5.32 Å². The van der Waals surface area contributed by atoms with E-state index in [1.165, 1.54) is 0 Å². The van der Waals surface area contributed by atoms with Gasteiger partial charge in [-0.1, -0.05) is 30.3 Å². The van der Waals surface area contributed by atoms with Crippen LogP contribution in [-0.2, 0) is 25.5 Å². The number of nitrogens with one attached hydrogen (secondary N) is 1. The molecule has 0 fully saturated rings. The zero-order chi connectivity index (χ0) is 18.2. The van der Waals surface area contributed by atoms with Crippen LogP contribution >= 0.6 is 0 Å². The third-order valence-corrected chi connectivity index (χ3v) is 3.10. The van der Waals surface area contributed by atoms with Gasteiger partial charge in [0.2, 0.25) is 5.91 Å². The van der Waals surface area contributed by atoms with Crippen molar-refractivity contribution in [3.63, 3.8) is 0 Å². The summed E-state index contributed by atoms with van der Waals surface area (Å²) in [4.78, 5) is 34.8. The van der Waals surface area contributed by atoms with Gasteiger partial charge in [-0.15, -0.1) is 0 Å². The molecular formula is C18H25NO5. The second-order valence-corrected chi connectivity index (χ2v) is 6.59. The fourth-order valence-corrected chi connectivity index (χ4v) is 2.08. The third kappa shape index (κ3) is 8.31. The van der Waals surface area contributed by atoms with Crippen LogP contribution in [0.25, 0.3) is 0 Å². The van der Waals surface area contributed by atoms with E-state index in [0.29, 0.717) is 6.42 Å². The van der Waals surface area contributed by atoms with E-state index >= 15 is 0 Å². The van der Waals surface area contributed by atoms with Gasteiger partial charge < -0.3 is 15.2 Å². The molecule has 1 amide bonds. The second kappa shape index (κ2) is 9.05. The Morgan fingerprint density at radius 2 is 1.75 bits per heavy atom. The van der Waals surface area contributed by atoms with Crippen molar-refractivity contribution >= 4 is 17.8 Å². The number of aliphatic carboxylic acids is 1. The van der Waals surface area contributed by atoms with Gasteiger partial charge in [-0.2, -0.15) is 0 Å². The van der Waals surface area contributed by atoms with Crippen molar-refractivity contribution in [2.75, 3.05) is 0 Å². The molecule has 0 radical (unpaired) electrons. The first-order valence-corrected chi connectivity index (χ1v) is 7.95. The number of hydrogen-bond donors (Lipinski definition) is 2. The quantitative estimate of drug-likeness (QED) is 0.711. The summed E-state index contributed by atoms with van der Waals surface area (Å²) in [6.07, 6.45) is 0.525. The highest BCUT2D eigenvalue weighted by Gasteiger charge is 2.26. The van der Waals surface area contributed by atoms with Crippen molar-refractivity contribution in [2.45, 2.75) is 58.1 Å². The number of carbonyl (C=O) groups excluding carboxylic acids is 2. The Bertz CT molecular complexity index is 563. The zero-order valence-electron chi connectivity index (χ0n) is 14.4. The van der Waals surface area contributed by atoms with E-state index in [9.17, 15) is 14.4 Å². The molecule has 0 spiro atoms. The standard InChI is InChI=1S/C18H25NO5/c1-18(2,3)24-17(23)14(12-13-8-5-4-6-9-13)19-15(20)10-7-11-16(21)22/h4-6,8-9,14H,7,10-12H2,1-3H3,(H,19,20)(H,21,22). The fourth-order valence-electron chi connectivity index (χ4n) is 2.08. The largest absolute Gasteiger partial charge is 0.481 e. The van der Waals surface area contributed by atoms with Crippen molar-refractivity contribution in [3.05, 3.63) is 35.9 Å². The summed E-state index contributed by atoms with van der Waals surface area (Å²) >= 11 is 0. The predicted molar refractivity (Wildman–Crippen MR) is 89.4 cm³/mol. The smallest absolute Gasteiger partial charge is 0.329 e. The maximum absolute atomic E-state index is 12.3. The highest BCUT2D eigenvalue weighted by Crippen LogP contribution is 2.12. The van der Waals surface area contributed by atoms with Crippen molar-refractivity contribution in [1.82, 2.24) is 5.32 Å². The molecule has 0 saturated heterocycles. The van der Waals surface area contributed by atoms with Crippen molar-refractivity contribution < 1.29 is 24.2 Å². The number of carbonyl (C=O) groups is 3. The van der Waals surface area contributed by atoms with Crippen LogP contribution in [0.4, 0.5) is 0 Å². The van der Waals surface area contributed by atoms with Crippen LogP contribution in [0.1, 0.15) is 45.6 Å². The Morgan fingerprint density at radius 3 is 2.29 bits per heavy atom. The Hall–Kier alpha value is -2.37. The molecule has 1 aromatic carbocycles. The topological polar surface area (TPSA) is 92.7 Å². The lowest BCUT2D eigenvalue weighted by molar-refractivity contribution is -0.158. The van der Waals surface area contributed by atoms with Gasteiger partial charge in [-0.05, 0) is 32.8 Å². The van der Waals surface area contributed by atoms with Gasteiger partial charge in [0.05, 0.1) is 0 Å². The Kier molecular flexibility index (Phi) is 7.42. The summed E-state index contributed by atoms with van der Waals surface area (Å²) in [5.74, 6) is -1.81. The van der Waals surface area contributed by atoms with Crippen LogP contribution in [0.5, 0.6) is 0 Å². The molecule has 0 aliphatic carbocycles. The number of hydrogen-bond acceptors (Lipinski definition) is 4. The van der Waals surface area contributed by atoms with Gasteiger partial charge in [0, 0.05) is 19.3 Å². The molecule has 0 bridgehead atoms. The van der Waals surface area contributed by atoms with Gasteiger partial charge >= 0.3 is 11.9 Å². The number of rotatable bonds is 8.